The summed E-state index contributed by atoms with van der Waals surface area (Å²) in [6, 6.07) is 2.09. The summed E-state index contributed by atoms with van der Waals surface area (Å²) in [6.07, 6.45) is -5.02. The van der Waals surface area contributed by atoms with Gasteiger partial charge in [-0.3, -0.25) is 4.79 Å². The second kappa shape index (κ2) is 7.33. The Kier molecular flexibility index (Phi) is 5.30. The van der Waals surface area contributed by atoms with Gasteiger partial charge in [-0.1, -0.05) is 11.3 Å². The quantitative estimate of drug-likeness (QED) is 0.552. The lowest BCUT2D eigenvalue weighted by molar-refractivity contribution is -0.244. The Morgan fingerprint density at radius 3 is 2.73 bits per heavy atom. The van der Waals surface area contributed by atoms with Gasteiger partial charge in [-0.2, -0.15) is 0 Å². The number of aliphatic hydroxyl groups excluding tert-OH is 3. The maximum atomic E-state index is 11.4. The van der Waals surface area contributed by atoms with Crippen molar-refractivity contribution < 1.29 is 34.0 Å². The summed E-state index contributed by atoms with van der Waals surface area (Å²) >= 11 is 0.930. The van der Waals surface area contributed by atoms with E-state index >= 15 is 0 Å². The van der Waals surface area contributed by atoms with Crippen LogP contribution in [0.15, 0.2) is 21.3 Å². The molecule has 2 heterocycles. The fourth-order valence-corrected chi connectivity index (χ4v) is 3.64. The molecule has 0 aliphatic carbocycles. The second-order valence-corrected chi connectivity index (χ2v) is 6.97. The third-order valence-corrected chi connectivity index (χ3v) is 5.15. The van der Waals surface area contributed by atoms with Crippen molar-refractivity contribution in [1.82, 2.24) is 5.32 Å². The van der Waals surface area contributed by atoms with Gasteiger partial charge in [-0.25, -0.2) is 4.79 Å². The van der Waals surface area contributed by atoms with Gasteiger partial charge in [0.05, 0.1) is 11.3 Å². The average Bonchev–Trinajstić information content (AvgIpc) is 2.97. The Morgan fingerprint density at radius 2 is 2.08 bits per heavy atom. The summed E-state index contributed by atoms with van der Waals surface area (Å²) in [5.41, 5.74) is 1.06. The van der Waals surface area contributed by atoms with E-state index in [1.165, 1.54) is 6.92 Å². The number of aryl methyl sites for hydroxylation is 1. The van der Waals surface area contributed by atoms with E-state index in [1.807, 2.05) is 0 Å². The Morgan fingerprint density at radius 1 is 1.35 bits per heavy atom. The summed E-state index contributed by atoms with van der Waals surface area (Å²) in [5.74, 6) is -0.0868. The molecule has 0 spiro atoms. The fourth-order valence-electron chi connectivity index (χ4n) is 2.87. The number of benzene rings is 1. The molecule has 0 radical (unpaired) electrons. The first kappa shape index (κ1) is 18.8. The van der Waals surface area contributed by atoms with Crippen LogP contribution in [0.1, 0.15) is 12.5 Å². The van der Waals surface area contributed by atoms with Crippen LogP contribution in [-0.2, 0) is 9.53 Å². The van der Waals surface area contributed by atoms with Gasteiger partial charge >= 0.3 is 4.94 Å². The van der Waals surface area contributed by atoms with Gasteiger partial charge in [0.2, 0.25) is 12.2 Å². The summed E-state index contributed by atoms with van der Waals surface area (Å²) < 4.78 is 17.0. The Bertz CT molecular complexity index is 862. The van der Waals surface area contributed by atoms with Gasteiger partial charge in [0.25, 0.3) is 0 Å². The largest absolute Gasteiger partial charge is 0.462 e. The molecule has 3 rings (SSSR count). The number of carbonyl (C=O) groups excluding carboxylic acids is 1. The molecule has 2 aromatic rings. The van der Waals surface area contributed by atoms with Crippen molar-refractivity contribution in [3.8, 4) is 5.75 Å². The highest BCUT2D eigenvalue weighted by atomic mass is 32.1. The molecular weight excluding hydrogens is 366 g/mol. The van der Waals surface area contributed by atoms with Crippen LogP contribution >= 0.6 is 11.3 Å². The molecule has 142 valence electrons. The molecule has 1 fully saturated rings. The van der Waals surface area contributed by atoms with Crippen molar-refractivity contribution in [2.75, 3.05) is 6.61 Å². The number of ether oxygens (including phenoxy) is 2. The fraction of sp³-hybridized carbons (Fsp3) is 0.500. The van der Waals surface area contributed by atoms with E-state index < -0.39 is 48.1 Å². The number of nitrogens with one attached hydrogen (secondary N) is 1. The summed E-state index contributed by atoms with van der Waals surface area (Å²) in [7, 11) is 0. The van der Waals surface area contributed by atoms with Crippen molar-refractivity contribution in [1.29, 1.82) is 0 Å². The third kappa shape index (κ3) is 3.46. The highest BCUT2D eigenvalue weighted by Crippen LogP contribution is 2.32. The van der Waals surface area contributed by atoms with E-state index in [0.717, 1.165) is 11.3 Å². The molecule has 4 N–H and O–H groups in total. The van der Waals surface area contributed by atoms with Crippen molar-refractivity contribution >= 4 is 27.5 Å². The molecule has 1 aliphatic heterocycles. The predicted molar refractivity (Wildman–Crippen MR) is 91.1 cm³/mol. The first-order chi connectivity index (χ1) is 12.3. The van der Waals surface area contributed by atoms with Crippen molar-refractivity contribution in [2.45, 2.75) is 44.5 Å². The summed E-state index contributed by atoms with van der Waals surface area (Å²) in [4.78, 5) is 22.4. The van der Waals surface area contributed by atoms with Crippen LogP contribution in [-0.4, -0.2) is 58.5 Å². The van der Waals surface area contributed by atoms with Gasteiger partial charge in [0, 0.05) is 12.5 Å². The van der Waals surface area contributed by atoms with E-state index in [2.05, 4.69) is 5.32 Å². The molecule has 1 saturated heterocycles. The van der Waals surface area contributed by atoms with Gasteiger partial charge in [0.1, 0.15) is 35.7 Å². The highest BCUT2D eigenvalue weighted by molar-refractivity contribution is 7.16. The van der Waals surface area contributed by atoms with Crippen molar-refractivity contribution in [2.24, 2.45) is 0 Å². The molecule has 0 unspecified atom stereocenters. The summed E-state index contributed by atoms with van der Waals surface area (Å²) in [5, 5.41) is 32.1. The normalized spacial score (nSPS) is 28.9. The van der Waals surface area contributed by atoms with E-state index in [-0.39, 0.29) is 0 Å². The van der Waals surface area contributed by atoms with Crippen LogP contribution in [0.3, 0.4) is 0 Å². The number of fused-ring (bicyclic) bond motifs is 1. The molecule has 5 atom stereocenters. The van der Waals surface area contributed by atoms with Crippen LogP contribution in [0, 0.1) is 6.92 Å². The standard InChI is InChI=1S/C16H19NO8S/c1-6-8(3-4-9-14(6)26-16(22)25-9)23-15-11(17-7(2)19)13(21)12(20)10(5-18)24-15/h3-4,10-13,15,18,20-21H,5H2,1-2H3,(H,17,19)/t10-,11+,12+,13-,15-/m1/s1. The molecule has 0 bridgehead atoms. The van der Waals surface area contributed by atoms with Crippen LogP contribution in [0.5, 0.6) is 5.75 Å². The third-order valence-electron chi connectivity index (χ3n) is 4.19. The Hall–Kier alpha value is -1.98. The number of rotatable bonds is 4. The molecule has 1 aromatic carbocycles. The van der Waals surface area contributed by atoms with Crippen LogP contribution in [0.25, 0.3) is 10.3 Å². The van der Waals surface area contributed by atoms with Gasteiger partial charge in [0.15, 0.2) is 0 Å². The molecule has 1 amide bonds. The highest BCUT2D eigenvalue weighted by Gasteiger charge is 2.46. The first-order valence-corrected chi connectivity index (χ1v) is 8.73. The maximum absolute atomic E-state index is 11.4. The second-order valence-electron chi connectivity index (χ2n) is 6.02. The summed E-state index contributed by atoms with van der Waals surface area (Å²) in [6.45, 7) is 2.45. The lowest BCUT2D eigenvalue weighted by atomic mass is 9.97. The monoisotopic (exact) mass is 385 g/mol. The molecular formula is C16H19NO8S. The van der Waals surface area contributed by atoms with Crippen molar-refractivity contribution in [3.05, 3.63) is 27.4 Å². The average molecular weight is 385 g/mol. The van der Waals surface area contributed by atoms with Crippen molar-refractivity contribution in [3.63, 3.8) is 0 Å². The molecule has 1 aliphatic rings. The van der Waals surface area contributed by atoms with Crippen LogP contribution in [0.2, 0.25) is 0 Å². The van der Waals surface area contributed by atoms with E-state index in [9.17, 15) is 24.9 Å². The molecule has 10 heteroatoms. The Labute approximate surface area is 151 Å². The zero-order valence-corrected chi connectivity index (χ0v) is 14.9. The Balaban J connectivity index is 1.93. The van der Waals surface area contributed by atoms with E-state index in [1.54, 1.807) is 19.1 Å². The van der Waals surface area contributed by atoms with Crippen LogP contribution < -0.4 is 15.0 Å². The number of carbonyl (C=O) groups is 1. The number of amides is 1. The lowest BCUT2D eigenvalue weighted by Crippen LogP contribution is -2.65. The zero-order valence-electron chi connectivity index (χ0n) is 14.0. The predicted octanol–water partition coefficient (Wildman–Crippen LogP) is -0.515. The topological polar surface area (TPSA) is 138 Å². The minimum absolute atomic E-state index is 0.357. The van der Waals surface area contributed by atoms with Crippen LogP contribution in [0.4, 0.5) is 0 Å². The maximum Gasteiger partial charge on any atom is 0.396 e. The molecule has 9 nitrogen and oxygen atoms in total. The number of hydrogen-bond donors (Lipinski definition) is 4. The first-order valence-electron chi connectivity index (χ1n) is 7.91. The van der Waals surface area contributed by atoms with E-state index in [0.29, 0.717) is 21.6 Å². The van der Waals surface area contributed by atoms with Gasteiger partial charge in [-0.05, 0) is 19.1 Å². The van der Waals surface area contributed by atoms with E-state index in [4.69, 9.17) is 13.9 Å². The molecule has 0 saturated carbocycles. The smallest absolute Gasteiger partial charge is 0.396 e. The lowest BCUT2D eigenvalue weighted by Gasteiger charge is -2.42. The minimum atomic E-state index is -1.40. The van der Waals surface area contributed by atoms with Gasteiger partial charge < -0.3 is 34.5 Å². The SMILES string of the molecule is CC(=O)N[C@@H]1[C@H](Oc2ccc3oc(=O)sc3c2C)O[C@H](CO)[C@H](O)[C@@H]1O. The molecule has 1 aromatic heterocycles. The molecule has 26 heavy (non-hydrogen) atoms. The number of aliphatic hydroxyl groups is 3. The number of hydrogen-bond acceptors (Lipinski definition) is 9. The zero-order chi connectivity index (χ0) is 19.0. The van der Waals surface area contributed by atoms with Gasteiger partial charge in [-0.15, -0.1) is 0 Å². The minimum Gasteiger partial charge on any atom is -0.462 e.